The number of amides is 2. The van der Waals surface area contributed by atoms with E-state index in [1.807, 2.05) is 0 Å². The molecule has 0 heterocycles. The minimum absolute atomic E-state index is 0.0800. The number of nitrogens with one attached hydrogen (secondary N) is 3. The molecule has 0 spiro atoms. The van der Waals surface area contributed by atoms with Gasteiger partial charge < -0.3 is 25.8 Å². The molecular weight excluding hydrogens is 490 g/mol. The molecule has 0 aromatic heterocycles. The Hall–Kier alpha value is -3.22. The number of alkyl halides is 3. The highest BCUT2D eigenvalue weighted by atomic mass is 19.4. The number of methoxy groups -OCH3 is 1. The Bertz CT molecular complexity index is 904. The van der Waals surface area contributed by atoms with Crippen molar-refractivity contribution in [3.8, 4) is 0 Å². The molecule has 2 amide bonds. The Labute approximate surface area is 206 Å². The maximum atomic E-state index is 14.4. The SMILES string of the molecule is CCC(=O)N[C@H](Cc1ccc(NC(=O)CNC2CCCCC2)c(F)c1)C(=O)OC.O=C(O)C(F)(F)F. The molecule has 202 valence electrons. The second-order valence-corrected chi connectivity index (χ2v) is 8.08. The number of carboxylic acids is 1. The van der Waals surface area contributed by atoms with Gasteiger partial charge in [-0.15, -0.1) is 0 Å². The van der Waals surface area contributed by atoms with Crippen molar-refractivity contribution in [2.24, 2.45) is 0 Å². The molecule has 1 fully saturated rings. The predicted octanol–water partition coefficient (Wildman–Crippen LogP) is 2.93. The molecule has 13 heteroatoms. The van der Waals surface area contributed by atoms with Gasteiger partial charge in [0.15, 0.2) is 0 Å². The summed E-state index contributed by atoms with van der Waals surface area (Å²) in [6.45, 7) is 1.81. The highest BCUT2D eigenvalue weighted by Gasteiger charge is 2.38. The van der Waals surface area contributed by atoms with Gasteiger partial charge in [-0.05, 0) is 30.5 Å². The zero-order chi connectivity index (χ0) is 27.3. The van der Waals surface area contributed by atoms with Gasteiger partial charge in [0.05, 0.1) is 19.3 Å². The van der Waals surface area contributed by atoms with Crippen LogP contribution in [-0.4, -0.2) is 60.8 Å². The Morgan fingerprint density at radius 1 is 1.11 bits per heavy atom. The fraction of sp³-hybridized carbons (Fsp3) is 0.565. The molecule has 1 aliphatic rings. The molecule has 36 heavy (non-hydrogen) atoms. The lowest BCUT2D eigenvalue weighted by Crippen LogP contribution is -2.42. The number of ether oxygens (including phenoxy) is 1. The summed E-state index contributed by atoms with van der Waals surface area (Å²) in [7, 11) is 1.23. The van der Waals surface area contributed by atoms with Gasteiger partial charge in [0.2, 0.25) is 11.8 Å². The topological polar surface area (TPSA) is 134 Å². The van der Waals surface area contributed by atoms with Crippen LogP contribution < -0.4 is 16.0 Å². The molecule has 9 nitrogen and oxygen atoms in total. The highest BCUT2D eigenvalue weighted by molar-refractivity contribution is 5.92. The molecular formula is C23H31F4N3O6. The van der Waals surface area contributed by atoms with Crippen molar-refractivity contribution in [1.29, 1.82) is 0 Å². The molecule has 1 aromatic rings. The van der Waals surface area contributed by atoms with E-state index in [-0.39, 0.29) is 36.9 Å². The van der Waals surface area contributed by atoms with Crippen molar-refractivity contribution in [3.05, 3.63) is 29.6 Å². The number of halogens is 4. The summed E-state index contributed by atoms with van der Waals surface area (Å²) in [5.74, 6) is -4.55. The number of carboxylic acid groups (broad SMARTS) is 1. The van der Waals surface area contributed by atoms with Gasteiger partial charge in [-0.25, -0.2) is 14.0 Å². The van der Waals surface area contributed by atoms with E-state index in [2.05, 4.69) is 16.0 Å². The van der Waals surface area contributed by atoms with Crippen LogP contribution in [-0.2, 0) is 30.3 Å². The zero-order valence-corrected chi connectivity index (χ0v) is 20.0. The first-order valence-corrected chi connectivity index (χ1v) is 11.4. The summed E-state index contributed by atoms with van der Waals surface area (Å²) >= 11 is 0. The van der Waals surface area contributed by atoms with Gasteiger partial charge in [0.1, 0.15) is 11.9 Å². The van der Waals surface area contributed by atoms with Crippen LogP contribution in [0.25, 0.3) is 0 Å². The highest BCUT2D eigenvalue weighted by Crippen LogP contribution is 2.19. The number of rotatable bonds is 9. The van der Waals surface area contributed by atoms with E-state index >= 15 is 0 Å². The molecule has 0 unspecified atom stereocenters. The predicted molar refractivity (Wildman–Crippen MR) is 122 cm³/mol. The molecule has 2 rings (SSSR count). The number of carbonyl (C=O) groups excluding carboxylic acids is 3. The van der Waals surface area contributed by atoms with E-state index in [9.17, 15) is 31.9 Å². The molecule has 0 saturated heterocycles. The second kappa shape index (κ2) is 15.0. The first kappa shape index (κ1) is 30.8. The fourth-order valence-corrected chi connectivity index (χ4v) is 3.39. The smallest absolute Gasteiger partial charge is 0.475 e. The van der Waals surface area contributed by atoms with Crippen LogP contribution in [0.5, 0.6) is 0 Å². The molecule has 1 atom stereocenters. The maximum Gasteiger partial charge on any atom is 0.490 e. The van der Waals surface area contributed by atoms with Crippen molar-refractivity contribution in [2.75, 3.05) is 19.0 Å². The number of hydrogen-bond donors (Lipinski definition) is 4. The molecule has 0 radical (unpaired) electrons. The summed E-state index contributed by atoms with van der Waals surface area (Å²) in [4.78, 5) is 44.5. The van der Waals surface area contributed by atoms with Crippen molar-refractivity contribution >= 4 is 29.4 Å². The van der Waals surface area contributed by atoms with E-state index in [1.54, 1.807) is 13.0 Å². The van der Waals surface area contributed by atoms with Gasteiger partial charge in [-0.1, -0.05) is 32.3 Å². The fourth-order valence-electron chi connectivity index (χ4n) is 3.39. The quantitative estimate of drug-likeness (QED) is 0.290. The lowest BCUT2D eigenvalue weighted by molar-refractivity contribution is -0.192. The summed E-state index contributed by atoms with van der Waals surface area (Å²) in [6.07, 6.45) is 0.926. The average Bonchev–Trinajstić information content (AvgIpc) is 2.83. The van der Waals surface area contributed by atoms with Crippen LogP contribution in [0.3, 0.4) is 0 Å². The molecule has 0 aliphatic heterocycles. The Morgan fingerprint density at radius 2 is 1.72 bits per heavy atom. The number of carbonyl (C=O) groups is 4. The van der Waals surface area contributed by atoms with Crippen LogP contribution in [0, 0.1) is 5.82 Å². The zero-order valence-electron chi connectivity index (χ0n) is 20.0. The van der Waals surface area contributed by atoms with Gasteiger partial charge in [0, 0.05) is 18.9 Å². The average molecular weight is 522 g/mol. The first-order chi connectivity index (χ1) is 16.9. The normalized spacial score (nSPS) is 14.6. The number of hydrogen-bond acceptors (Lipinski definition) is 6. The van der Waals surface area contributed by atoms with Crippen molar-refractivity contribution in [3.63, 3.8) is 0 Å². The third-order valence-electron chi connectivity index (χ3n) is 5.29. The van der Waals surface area contributed by atoms with Gasteiger partial charge >= 0.3 is 18.1 Å². The van der Waals surface area contributed by atoms with Crippen LogP contribution in [0.15, 0.2) is 18.2 Å². The third-order valence-corrected chi connectivity index (χ3v) is 5.29. The monoisotopic (exact) mass is 521 g/mol. The number of anilines is 1. The van der Waals surface area contributed by atoms with E-state index in [1.165, 1.54) is 38.5 Å². The lowest BCUT2D eigenvalue weighted by Gasteiger charge is -2.22. The molecule has 1 saturated carbocycles. The second-order valence-electron chi connectivity index (χ2n) is 8.08. The number of aliphatic carboxylic acids is 1. The minimum Gasteiger partial charge on any atom is -0.475 e. The largest absolute Gasteiger partial charge is 0.490 e. The van der Waals surface area contributed by atoms with E-state index < -0.39 is 30.0 Å². The van der Waals surface area contributed by atoms with Crippen LogP contribution in [0.4, 0.5) is 23.2 Å². The van der Waals surface area contributed by atoms with Gasteiger partial charge in [-0.2, -0.15) is 13.2 Å². The van der Waals surface area contributed by atoms with E-state index in [4.69, 9.17) is 14.6 Å². The Morgan fingerprint density at radius 3 is 2.22 bits per heavy atom. The van der Waals surface area contributed by atoms with Crippen LogP contribution in [0.2, 0.25) is 0 Å². The third kappa shape index (κ3) is 11.5. The molecule has 1 aliphatic carbocycles. The first-order valence-electron chi connectivity index (χ1n) is 11.4. The summed E-state index contributed by atoms with van der Waals surface area (Å²) < 4.78 is 50.9. The van der Waals surface area contributed by atoms with Crippen molar-refractivity contribution in [1.82, 2.24) is 10.6 Å². The Kier molecular flexibility index (Phi) is 12.9. The van der Waals surface area contributed by atoms with Crippen LogP contribution in [0.1, 0.15) is 51.0 Å². The lowest BCUT2D eigenvalue weighted by atomic mass is 9.95. The van der Waals surface area contributed by atoms with Gasteiger partial charge in [-0.3, -0.25) is 9.59 Å². The molecule has 4 N–H and O–H groups in total. The van der Waals surface area contributed by atoms with E-state index in [0.717, 1.165) is 12.8 Å². The van der Waals surface area contributed by atoms with Crippen molar-refractivity contribution < 1.29 is 46.6 Å². The van der Waals surface area contributed by atoms with Crippen molar-refractivity contribution in [2.45, 2.75) is 70.1 Å². The van der Waals surface area contributed by atoms with E-state index in [0.29, 0.717) is 11.6 Å². The summed E-state index contributed by atoms with van der Waals surface area (Å²) in [6, 6.07) is 3.76. The standard InChI is InChI=1S/C21H30FN3O4.C2HF3O2/c1-3-19(26)25-18(21(28)29-2)12-14-9-10-17(16(22)11-14)24-20(27)13-23-15-7-5-4-6-8-15;3-2(4,5)1(6)7/h9-11,15,18,23H,3-8,12-13H2,1-2H3,(H,24,27)(H,25,26);(H,6,7)/t18-;/m1./s1. The van der Waals surface area contributed by atoms with Gasteiger partial charge in [0.25, 0.3) is 0 Å². The number of benzene rings is 1. The van der Waals surface area contributed by atoms with Crippen LogP contribution >= 0.6 is 0 Å². The number of esters is 1. The summed E-state index contributed by atoms with van der Waals surface area (Å²) in [5.41, 5.74) is 0.587. The Balaban J connectivity index is 0.000000809. The maximum absolute atomic E-state index is 14.4. The molecule has 1 aromatic carbocycles. The molecule has 0 bridgehead atoms. The summed E-state index contributed by atoms with van der Waals surface area (Å²) in [5, 5.41) is 15.5. The minimum atomic E-state index is -5.08.